The summed E-state index contributed by atoms with van der Waals surface area (Å²) in [5, 5.41) is 8.44. The number of nitrogens with zero attached hydrogens (tertiary/aromatic N) is 2. The molecule has 0 aliphatic heterocycles. The fourth-order valence-electron chi connectivity index (χ4n) is 2.43. The van der Waals surface area contributed by atoms with E-state index in [0.717, 1.165) is 0 Å². The topological polar surface area (TPSA) is 75.8 Å². The van der Waals surface area contributed by atoms with Crippen LogP contribution < -0.4 is 18.9 Å². The van der Waals surface area contributed by atoms with E-state index in [-0.39, 0.29) is 5.75 Å². The standard InChI is InChI=1S/C19H19FN2O5S/c1-23-15-10-12(11-16(24-2)17(15)25-3)18-21-22-19(27-18)28-9-8-26-14-7-5-4-6-13(14)20/h4-7,10-11H,8-9H2,1-3H3. The lowest BCUT2D eigenvalue weighted by atomic mass is 10.2. The lowest BCUT2D eigenvalue weighted by Crippen LogP contribution is -2.01. The molecule has 0 saturated carbocycles. The Morgan fingerprint density at radius 3 is 2.32 bits per heavy atom. The summed E-state index contributed by atoms with van der Waals surface area (Å²) in [5.74, 6) is 2.11. The molecule has 2 aromatic carbocycles. The van der Waals surface area contributed by atoms with E-state index in [1.165, 1.54) is 39.2 Å². The first-order valence-electron chi connectivity index (χ1n) is 8.30. The Kier molecular flexibility index (Phi) is 6.59. The first kappa shape index (κ1) is 19.8. The smallest absolute Gasteiger partial charge is 0.276 e. The van der Waals surface area contributed by atoms with Gasteiger partial charge in [-0.3, -0.25) is 0 Å². The second-order valence-electron chi connectivity index (χ2n) is 5.41. The molecule has 3 rings (SSSR count). The Hall–Kier alpha value is -2.94. The number of aromatic nitrogens is 2. The predicted molar refractivity (Wildman–Crippen MR) is 102 cm³/mol. The van der Waals surface area contributed by atoms with Gasteiger partial charge in [0.05, 0.1) is 27.9 Å². The van der Waals surface area contributed by atoms with Crippen LogP contribution >= 0.6 is 11.8 Å². The van der Waals surface area contributed by atoms with Crippen LogP contribution in [0.15, 0.2) is 46.0 Å². The van der Waals surface area contributed by atoms with Crippen LogP contribution in [0.4, 0.5) is 4.39 Å². The second kappa shape index (κ2) is 9.32. The van der Waals surface area contributed by atoms with Gasteiger partial charge in [-0.25, -0.2) is 4.39 Å². The highest BCUT2D eigenvalue weighted by molar-refractivity contribution is 7.99. The van der Waals surface area contributed by atoms with Gasteiger partial charge in [0.2, 0.25) is 11.6 Å². The largest absolute Gasteiger partial charge is 0.493 e. The molecule has 0 atom stereocenters. The molecule has 0 spiro atoms. The molecule has 0 bridgehead atoms. The van der Waals surface area contributed by atoms with Crippen LogP contribution in [0.25, 0.3) is 11.5 Å². The van der Waals surface area contributed by atoms with Crippen LogP contribution in [0, 0.1) is 5.82 Å². The normalized spacial score (nSPS) is 10.6. The molecule has 0 aliphatic carbocycles. The van der Waals surface area contributed by atoms with Crippen molar-refractivity contribution in [2.75, 3.05) is 33.7 Å². The Balaban J connectivity index is 1.64. The van der Waals surface area contributed by atoms with Crippen molar-refractivity contribution in [1.82, 2.24) is 10.2 Å². The first-order chi connectivity index (χ1) is 13.7. The molecule has 9 heteroatoms. The minimum absolute atomic E-state index is 0.215. The van der Waals surface area contributed by atoms with Gasteiger partial charge in [0.15, 0.2) is 23.1 Å². The van der Waals surface area contributed by atoms with Crippen molar-refractivity contribution in [3.63, 3.8) is 0 Å². The quantitative estimate of drug-likeness (QED) is 0.389. The number of benzene rings is 2. The van der Waals surface area contributed by atoms with Crippen molar-refractivity contribution in [3.8, 4) is 34.5 Å². The predicted octanol–water partition coefficient (Wildman–Crippen LogP) is 4.07. The average Bonchev–Trinajstić information content (AvgIpc) is 3.20. The van der Waals surface area contributed by atoms with E-state index in [9.17, 15) is 4.39 Å². The van der Waals surface area contributed by atoms with Crippen molar-refractivity contribution >= 4 is 11.8 Å². The number of rotatable bonds is 9. The molecule has 0 fully saturated rings. The Labute approximate surface area is 165 Å². The van der Waals surface area contributed by atoms with Crippen LogP contribution in [0.2, 0.25) is 0 Å². The van der Waals surface area contributed by atoms with E-state index in [0.29, 0.717) is 46.3 Å². The number of halogens is 1. The van der Waals surface area contributed by atoms with E-state index in [1.54, 1.807) is 30.3 Å². The van der Waals surface area contributed by atoms with Crippen LogP contribution in [0.5, 0.6) is 23.0 Å². The highest BCUT2D eigenvalue weighted by atomic mass is 32.2. The molecular weight excluding hydrogens is 387 g/mol. The summed E-state index contributed by atoms with van der Waals surface area (Å²) in [7, 11) is 4.60. The minimum Gasteiger partial charge on any atom is -0.493 e. The lowest BCUT2D eigenvalue weighted by molar-refractivity contribution is 0.324. The fraction of sp³-hybridized carbons (Fsp3) is 0.263. The SMILES string of the molecule is COc1cc(-c2nnc(SCCOc3ccccc3F)o2)cc(OC)c1OC. The summed E-state index contributed by atoms with van der Waals surface area (Å²) >= 11 is 1.31. The van der Waals surface area contributed by atoms with Gasteiger partial charge in [-0.15, -0.1) is 10.2 Å². The van der Waals surface area contributed by atoms with E-state index in [1.807, 2.05) is 0 Å². The molecular formula is C19H19FN2O5S. The van der Waals surface area contributed by atoms with Crippen molar-refractivity contribution in [2.24, 2.45) is 0 Å². The third-order valence-electron chi connectivity index (χ3n) is 3.72. The number of thioether (sulfide) groups is 1. The summed E-state index contributed by atoms with van der Waals surface area (Å²) < 4.78 is 40.6. The summed E-state index contributed by atoms with van der Waals surface area (Å²) in [4.78, 5) is 0. The maximum absolute atomic E-state index is 13.5. The molecule has 3 aromatic rings. The molecule has 0 saturated heterocycles. The van der Waals surface area contributed by atoms with Gasteiger partial charge in [0.25, 0.3) is 5.22 Å². The van der Waals surface area contributed by atoms with Gasteiger partial charge in [0.1, 0.15) is 0 Å². The molecule has 148 valence electrons. The van der Waals surface area contributed by atoms with Gasteiger partial charge in [-0.2, -0.15) is 0 Å². The highest BCUT2D eigenvalue weighted by Gasteiger charge is 2.17. The average molecular weight is 406 g/mol. The van der Waals surface area contributed by atoms with E-state index in [2.05, 4.69) is 10.2 Å². The number of methoxy groups -OCH3 is 3. The van der Waals surface area contributed by atoms with Gasteiger partial charge in [-0.05, 0) is 24.3 Å². The van der Waals surface area contributed by atoms with Gasteiger partial charge in [-0.1, -0.05) is 23.9 Å². The molecule has 0 aliphatic rings. The van der Waals surface area contributed by atoms with Crippen LogP contribution in [0.3, 0.4) is 0 Å². The van der Waals surface area contributed by atoms with Gasteiger partial charge >= 0.3 is 0 Å². The maximum Gasteiger partial charge on any atom is 0.276 e. The number of ether oxygens (including phenoxy) is 4. The highest BCUT2D eigenvalue weighted by Crippen LogP contribution is 2.41. The van der Waals surface area contributed by atoms with Crippen LogP contribution in [0.1, 0.15) is 0 Å². The zero-order valence-corrected chi connectivity index (χ0v) is 16.4. The zero-order valence-electron chi connectivity index (χ0n) is 15.6. The van der Waals surface area contributed by atoms with Gasteiger partial charge in [0, 0.05) is 11.3 Å². The van der Waals surface area contributed by atoms with E-state index < -0.39 is 5.82 Å². The first-order valence-corrected chi connectivity index (χ1v) is 9.28. The van der Waals surface area contributed by atoms with Crippen molar-refractivity contribution in [2.45, 2.75) is 5.22 Å². The number of para-hydroxylation sites is 1. The molecule has 7 nitrogen and oxygen atoms in total. The monoisotopic (exact) mass is 406 g/mol. The summed E-state index contributed by atoms with van der Waals surface area (Å²) in [6, 6.07) is 9.71. The van der Waals surface area contributed by atoms with Crippen LogP contribution in [-0.2, 0) is 0 Å². The van der Waals surface area contributed by atoms with Crippen molar-refractivity contribution in [1.29, 1.82) is 0 Å². The third kappa shape index (κ3) is 4.48. The number of hydrogen-bond acceptors (Lipinski definition) is 8. The maximum atomic E-state index is 13.5. The molecule has 1 aromatic heterocycles. The molecule has 0 amide bonds. The molecule has 0 radical (unpaired) electrons. The zero-order chi connectivity index (χ0) is 19.9. The Bertz CT molecular complexity index is 909. The Morgan fingerprint density at radius 1 is 0.964 bits per heavy atom. The van der Waals surface area contributed by atoms with E-state index >= 15 is 0 Å². The molecule has 1 heterocycles. The molecule has 0 N–H and O–H groups in total. The summed E-state index contributed by atoms with van der Waals surface area (Å²) in [5.41, 5.74) is 0.636. The van der Waals surface area contributed by atoms with E-state index in [4.69, 9.17) is 23.4 Å². The molecule has 28 heavy (non-hydrogen) atoms. The summed E-state index contributed by atoms with van der Waals surface area (Å²) in [6.45, 7) is 0.299. The van der Waals surface area contributed by atoms with Crippen LogP contribution in [-0.4, -0.2) is 43.9 Å². The molecule has 0 unspecified atom stereocenters. The lowest BCUT2D eigenvalue weighted by Gasteiger charge is -2.12. The van der Waals surface area contributed by atoms with Crippen molar-refractivity contribution < 1.29 is 27.8 Å². The summed E-state index contributed by atoms with van der Waals surface area (Å²) in [6.07, 6.45) is 0. The van der Waals surface area contributed by atoms with Gasteiger partial charge < -0.3 is 23.4 Å². The second-order valence-corrected chi connectivity index (χ2v) is 6.46. The fourth-order valence-corrected chi connectivity index (χ4v) is 3.01. The number of hydrogen-bond donors (Lipinski definition) is 0. The third-order valence-corrected chi connectivity index (χ3v) is 4.50. The van der Waals surface area contributed by atoms with Crippen molar-refractivity contribution in [3.05, 3.63) is 42.2 Å². The Morgan fingerprint density at radius 2 is 1.68 bits per heavy atom. The minimum atomic E-state index is -0.394.